The number of anilines is 3. The van der Waals surface area contributed by atoms with Gasteiger partial charge in [-0.05, 0) is 36.6 Å². The maximum Gasteiger partial charge on any atom is 0.244 e. The third-order valence-electron chi connectivity index (χ3n) is 4.89. The van der Waals surface area contributed by atoms with Crippen LogP contribution in [0.3, 0.4) is 0 Å². The lowest BCUT2D eigenvalue weighted by atomic mass is 9.89. The number of amides is 3. The van der Waals surface area contributed by atoms with Gasteiger partial charge in [-0.1, -0.05) is 30.3 Å². The molecule has 0 unspecified atom stereocenters. The zero-order chi connectivity index (χ0) is 18.1. The number of carbonyl (C=O) groups is 3. The highest BCUT2D eigenvalue weighted by Gasteiger charge is 2.30. The molecule has 6 heteroatoms. The van der Waals surface area contributed by atoms with Crippen LogP contribution in [0.5, 0.6) is 0 Å². The van der Waals surface area contributed by atoms with Gasteiger partial charge in [0.2, 0.25) is 17.7 Å². The van der Waals surface area contributed by atoms with Crippen molar-refractivity contribution in [3.8, 4) is 0 Å². The summed E-state index contributed by atoms with van der Waals surface area (Å²) in [5.41, 5.74) is 3.28. The van der Waals surface area contributed by atoms with E-state index in [2.05, 4.69) is 10.6 Å². The van der Waals surface area contributed by atoms with E-state index in [1.54, 1.807) is 6.07 Å². The van der Waals surface area contributed by atoms with Crippen LogP contribution in [0.2, 0.25) is 0 Å². The van der Waals surface area contributed by atoms with E-state index in [4.69, 9.17) is 0 Å². The minimum absolute atomic E-state index is 0.00947. The SMILES string of the molecule is O=C1CN(C(=O)CC[C@H]2Cc3ccccc3NC2=O)c2ccccc2N1. The molecule has 1 atom stereocenters. The summed E-state index contributed by atoms with van der Waals surface area (Å²) >= 11 is 0. The maximum atomic E-state index is 12.7. The summed E-state index contributed by atoms with van der Waals surface area (Å²) < 4.78 is 0. The molecule has 132 valence electrons. The molecule has 2 heterocycles. The lowest BCUT2D eigenvalue weighted by Crippen LogP contribution is -2.42. The molecule has 0 saturated carbocycles. The molecule has 6 nitrogen and oxygen atoms in total. The fourth-order valence-corrected chi connectivity index (χ4v) is 3.53. The molecule has 2 aromatic rings. The molecule has 4 rings (SSSR count). The van der Waals surface area contributed by atoms with Crippen LogP contribution in [0, 0.1) is 5.92 Å². The monoisotopic (exact) mass is 349 g/mol. The van der Waals surface area contributed by atoms with Gasteiger partial charge in [-0.3, -0.25) is 14.4 Å². The first-order chi connectivity index (χ1) is 12.6. The fourth-order valence-electron chi connectivity index (χ4n) is 3.53. The van der Waals surface area contributed by atoms with Crippen LogP contribution in [0.1, 0.15) is 18.4 Å². The lowest BCUT2D eigenvalue weighted by Gasteiger charge is -2.30. The first-order valence-electron chi connectivity index (χ1n) is 8.70. The molecule has 2 aliphatic heterocycles. The van der Waals surface area contributed by atoms with E-state index in [-0.39, 0.29) is 36.6 Å². The van der Waals surface area contributed by atoms with E-state index in [0.29, 0.717) is 24.2 Å². The van der Waals surface area contributed by atoms with Gasteiger partial charge in [0.15, 0.2) is 0 Å². The molecule has 3 amide bonds. The number of para-hydroxylation sites is 3. The predicted molar refractivity (Wildman–Crippen MR) is 98.9 cm³/mol. The van der Waals surface area contributed by atoms with Crippen LogP contribution >= 0.6 is 0 Å². The average molecular weight is 349 g/mol. The number of carbonyl (C=O) groups excluding carboxylic acids is 3. The molecule has 2 aliphatic rings. The summed E-state index contributed by atoms with van der Waals surface area (Å²) in [7, 11) is 0. The molecule has 0 aliphatic carbocycles. The molecule has 0 radical (unpaired) electrons. The molecule has 0 fully saturated rings. The number of nitrogens with zero attached hydrogens (tertiary/aromatic N) is 1. The molecule has 2 N–H and O–H groups in total. The molecular formula is C20H19N3O3. The number of nitrogens with one attached hydrogen (secondary N) is 2. The molecule has 2 aromatic carbocycles. The van der Waals surface area contributed by atoms with Gasteiger partial charge < -0.3 is 15.5 Å². The van der Waals surface area contributed by atoms with Crippen LogP contribution in [0.4, 0.5) is 17.1 Å². The Morgan fingerprint density at radius 1 is 1.00 bits per heavy atom. The Morgan fingerprint density at radius 3 is 2.58 bits per heavy atom. The van der Waals surface area contributed by atoms with Crippen LogP contribution in [-0.4, -0.2) is 24.3 Å². The number of benzene rings is 2. The zero-order valence-corrected chi connectivity index (χ0v) is 14.2. The molecule has 0 saturated heterocycles. The molecule has 0 bridgehead atoms. The molecule has 0 aromatic heterocycles. The van der Waals surface area contributed by atoms with Crippen molar-refractivity contribution in [3.63, 3.8) is 0 Å². The summed E-state index contributed by atoms with van der Waals surface area (Å²) in [6.45, 7) is 0.00947. The van der Waals surface area contributed by atoms with E-state index in [9.17, 15) is 14.4 Å². The van der Waals surface area contributed by atoms with Crippen molar-refractivity contribution in [3.05, 3.63) is 54.1 Å². The van der Waals surface area contributed by atoms with Crippen molar-refractivity contribution >= 4 is 34.8 Å². The highest BCUT2D eigenvalue weighted by atomic mass is 16.2. The van der Waals surface area contributed by atoms with Gasteiger partial charge in [0.05, 0.1) is 11.4 Å². The second kappa shape index (κ2) is 6.63. The molecule has 0 spiro atoms. The minimum Gasteiger partial charge on any atom is -0.326 e. The number of hydrogen-bond donors (Lipinski definition) is 2. The van der Waals surface area contributed by atoms with Crippen molar-refractivity contribution in [2.45, 2.75) is 19.3 Å². The van der Waals surface area contributed by atoms with Crippen molar-refractivity contribution in [2.75, 3.05) is 22.1 Å². The minimum atomic E-state index is -0.234. The highest BCUT2D eigenvalue weighted by Crippen LogP contribution is 2.31. The normalized spacial score (nSPS) is 18.5. The van der Waals surface area contributed by atoms with Crippen LogP contribution in [0.25, 0.3) is 0 Å². The topological polar surface area (TPSA) is 78.5 Å². The zero-order valence-electron chi connectivity index (χ0n) is 14.2. The quantitative estimate of drug-likeness (QED) is 0.894. The van der Waals surface area contributed by atoms with E-state index in [1.807, 2.05) is 42.5 Å². The first kappa shape index (κ1) is 16.3. The Hall–Kier alpha value is -3.15. The van der Waals surface area contributed by atoms with Crippen LogP contribution in [0.15, 0.2) is 48.5 Å². The van der Waals surface area contributed by atoms with Gasteiger partial charge >= 0.3 is 0 Å². The third kappa shape index (κ3) is 3.06. The van der Waals surface area contributed by atoms with Crippen molar-refractivity contribution < 1.29 is 14.4 Å². The smallest absolute Gasteiger partial charge is 0.244 e. The Balaban J connectivity index is 1.45. The summed E-state index contributed by atoms with van der Waals surface area (Å²) in [5, 5.41) is 5.68. The lowest BCUT2D eigenvalue weighted by molar-refractivity contribution is -0.123. The predicted octanol–water partition coefficient (Wildman–Crippen LogP) is 2.56. The van der Waals surface area contributed by atoms with Gasteiger partial charge in [0, 0.05) is 18.0 Å². The van der Waals surface area contributed by atoms with Crippen molar-refractivity contribution in [1.82, 2.24) is 0 Å². The number of rotatable bonds is 3. The summed E-state index contributed by atoms with van der Waals surface area (Å²) in [6.07, 6.45) is 1.31. The van der Waals surface area contributed by atoms with E-state index >= 15 is 0 Å². The highest BCUT2D eigenvalue weighted by molar-refractivity contribution is 6.10. The Bertz CT molecular complexity index is 893. The van der Waals surface area contributed by atoms with Gasteiger partial charge in [-0.15, -0.1) is 0 Å². The second-order valence-corrected chi connectivity index (χ2v) is 6.63. The average Bonchev–Trinajstić information content (AvgIpc) is 2.65. The van der Waals surface area contributed by atoms with Crippen molar-refractivity contribution in [2.24, 2.45) is 5.92 Å². The van der Waals surface area contributed by atoms with Gasteiger partial charge in [-0.25, -0.2) is 0 Å². The number of hydrogen-bond acceptors (Lipinski definition) is 3. The Kier molecular flexibility index (Phi) is 4.16. The van der Waals surface area contributed by atoms with Gasteiger partial charge in [0.1, 0.15) is 6.54 Å². The Morgan fingerprint density at radius 2 is 1.73 bits per heavy atom. The van der Waals surface area contributed by atoms with Gasteiger partial charge in [0.25, 0.3) is 0 Å². The summed E-state index contributed by atoms with van der Waals surface area (Å²) in [4.78, 5) is 38.4. The number of fused-ring (bicyclic) bond motifs is 2. The Labute approximate surface area is 151 Å². The second-order valence-electron chi connectivity index (χ2n) is 6.63. The van der Waals surface area contributed by atoms with Gasteiger partial charge in [-0.2, -0.15) is 0 Å². The van der Waals surface area contributed by atoms with E-state index < -0.39 is 0 Å². The maximum absolute atomic E-state index is 12.7. The summed E-state index contributed by atoms with van der Waals surface area (Å²) in [6, 6.07) is 15.0. The largest absolute Gasteiger partial charge is 0.326 e. The fraction of sp³-hybridized carbons (Fsp3) is 0.250. The van der Waals surface area contributed by atoms with Crippen LogP contribution < -0.4 is 15.5 Å². The van der Waals surface area contributed by atoms with E-state index in [1.165, 1.54) is 4.90 Å². The first-order valence-corrected chi connectivity index (χ1v) is 8.70. The standard InChI is InChI=1S/C20H19N3O3/c24-18-12-23(17-8-4-3-7-16(17)21-18)19(25)10-9-14-11-13-5-1-2-6-15(13)22-20(14)26/h1-8,14H,9-12H2,(H,21,24)(H,22,26)/t14-/m0/s1. The van der Waals surface area contributed by atoms with Crippen molar-refractivity contribution in [1.29, 1.82) is 0 Å². The third-order valence-corrected chi connectivity index (χ3v) is 4.89. The van der Waals surface area contributed by atoms with E-state index in [0.717, 1.165) is 11.3 Å². The van der Waals surface area contributed by atoms with Crippen LogP contribution in [-0.2, 0) is 20.8 Å². The molecule has 26 heavy (non-hydrogen) atoms. The summed E-state index contributed by atoms with van der Waals surface area (Å²) in [5.74, 6) is -0.628. The molecular weight excluding hydrogens is 330 g/mol.